The van der Waals surface area contributed by atoms with Crippen molar-refractivity contribution < 1.29 is 0 Å². The molecular formula is C12H23N. The summed E-state index contributed by atoms with van der Waals surface area (Å²) in [6, 6.07) is 0.830. The summed E-state index contributed by atoms with van der Waals surface area (Å²) in [5, 5.41) is 3.45. The maximum absolute atomic E-state index is 3.45. The summed E-state index contributed by atoms with van der Waals surface area (Å²) in [5.41, 5.74) is 0. The van der Waals surface area contributed by atoms with Gasteiger partial charge in [0.15, 0.2) is 0 Å². The van der Waals surface area contributed by atoms with E-state index in [0.29, 0.717) is 0 Å². The van der Waals surface area contributed by atoms with E-state index in [2.05, 4.69) is 19.3 Å². The van der Waals surface area contributed by atoms with E-state index >= 15 is 0 Å². The summed E-state index contributed by atoms with van der Waals surface area (Å²) in [4.78, 5) is 0. The fourth-order valence-electron chi connectivity index (χ4n) is 3.47. The van der Waals surface area contributed by atoms with Gasteiger partial charge in [0, 0.05) is 6.04 Å². The van der Waals surface area contributed by atoms with Crippen molar-refractivity contribution in [1.82, 2.24) is 5.32 Å². The molecule has 2 aliphatic rings. The molecule has 0 spiro atoms. The number of rotatable bonds is 2. The molecule has 0 amide bonds. The van der Waals surface area contributed by atoms with Crippen molar-refractivity contribution in [2.24, 2.45) is 17.8 Å². The molecule has 2 aliphatic carbocycles. The number of hydrogen-bond acceptors (Lipinski definition) is 1. The van der Waals surface area contributed by atoms with Crippen LogP contribution < -0.4 is 5.32 Å². The predicted octanol–water partition coefficient (Wildman–Crippen LogP) is 2.81. The molecule has 2 fully saturated rings. The predicted molar refractivity (Wildman–Crippen MR) is 56.7 cm³/mol. The number of hydrogen-bond donors (Lipinski definition) is 1. The van der Waals surface area contributed by atoms with Gasteiger partial charge in [-0.05, 0) is 56.9 Å². The molecule has 4 atom stereocenters. The zero-order valence-corrected chi connectivity index (χ0v) is 9.05. The highest BCUT2D eigenvalue weighted by molar-refractivity contribution is 4.90. The maximum atomic E-state index is 3.45. The molecule has 13 heavy (non-hydrogen) atoms. The first-order valence-corrected chi connectivity index (χ1v) is 6.00. The van der Waals surface area contributed by atoms with Gasteiger partial charge in [0.25, 0.3) is 0 Å². The Morgan fingerprint density at radius 2 is 1.85 bits per heavy atom. The monoisotopic (exact) mass is 181 g/mol. The average molecular weight is 181 g/mol. The van der Waals surface area contributed by atoms with Gasteiger partial charge in [0.1, 0.15) is 0 Å². The summed E-state index contributed by atoms with van der Waals surface area (Å²) in [5.74, 6) is 3.22. The molecule has 2 rings (SSSR count). The van der Waals surface area contributed by atoms with E-state index in [1.165, 1.54) is 38.5 Å². The fraction of sp³-hybridized carbons (Fsp3) is 1.00. The Bertz CT molecular complexity index is 165. The van der Waals surface area contributed by atoms with Crippen molar-refractivity contribution >= 4 is 0 Å². The third-order valence-electron chi connectivity index (χ3n) is 4.40. The first-order chi connectivity index (χ1) is 6.33. The minimum absolute atomic E-state index is 0.830. The summed E-state index contributed by atoms with van der Waals surface area (Å²) in [7, 11) is 2.12. The molecule has 1 N–H and O–H groups in total. The molecule has 0 radical (unpaired) electrons. The van der Waals surface area contributed by atoms with E-state index in [-0.39, 0.29) is 0 Å². The van der Waals surface area contributed by atoms with Crippen LogP contribution in [0.5, 0.6) is 0 Å². The quantitative estimate of drug-likeness (QED) is 0.690. The highest BCUT2D eigenvalue weighted by Gasteiger charge is 2.37. The van der Waals surface area contributed by atoms with Gasteiger partial charge in [-0.2, -0.15) is 0 Å². The Balaban J connectivity index is 1.90. The molecule has 2 saturated carbocycles. The zero-order valence-electron chi connectivity index (χ0n) is 9.05. The Kier molecular flexibility index (Phi) is 2.92. The van der Waals surface area contributed by atoms with E-state index in [1.54, 1.807) is 0 Å². The second-order valence-electron chi connectivity index (χ2n) is 5.06. The Morgan fingerprint density at radius 1 is 1.08 bits per heavy atom. The van der Waals surface area contributed by atoms with Crippen molar-refractivity contribution in [1.29, 1.82) is 0 Å². The molecule has 0 aromatic carbocycles. The molecule has 4 unspecified atom stereocenters. The Morgan fingerprint density at radius 3 is 2.54 bits per heavy atom. The molecule has 0 aromatic rings. The van der Waals surface area contributed by atoms with Crippen molar-refractivity contribution in [3.63, 3.8) is 0 Å². The Hall–Kier alpha value is -0.0400. The number of fused-ring (bicyclic) bond motifs is 1. The van der Waals surface area contributed by atoms with E-state index in [9.17, 15) is 0 Å². The van der Waals surface area contributed by atoms with Crippen LogP contribution in [0.4, 0.5) is 0 Å². The van der Waals surface area contributed by atoms with Gasteiger partial charge in [-0.3, -0.25) is 0 Å². The van der Waals surface area contributed by atoms with Crippen LogP contribution in [-0.2, 0) is 0 Å². The van der Waals surface area contributed by atoms with Crippen LogP contribution >= 0.6 is 0 Å². The summed E-state index contributed by atoms with van der Waals surface area (Å²) >= 11 is 0. The third kappa shape index (κ3) is 1.90. The molecular weight excluding hydrogens is 158 g/mol. The van der Waals surface area contributed by atoms with Gasteiger partial charge < -0.3 is 5.32 Å². The van der Waals surface area contributed by atoms with E-state index in [0.717, 1.165) is 23.8 Å². The molecule has 0 aromatic heterocycles. The lowest BCUT2D eigenvalue weighted by molar-refractivity contribution is 0.233. The second-order valence-corrected chi connectivity index (χ2v) is 5.06. The first kappa shape index (κ1) is 9.51. The van der Waals surface area contributed by atoms with Gasteiger partial charge in [0.05, 0.1) is 0 Å². The summed E-state index contributed by atoms with van der Waals surface area (Å²) in [6.45, 7) is 2.36. The van der Waals surface area contributed by atoms with Gasteiger partial charge in [-0.25, -0.2) is 0 Å². The average Bonchev–Trinajstić information content (AvgIpc) is 2.58. The van der Waals surface area contributed by atoms with Crippen molar-refractivity contribution in [2.75, 3.05) is 7.05 Å². The van der Waals surface area contributed by atoms with Gasteiger partial charge >= 0.3 is 0 Å². The van der Waals surface area contributed by atoms with E-state index in [4.69, 9.17) is 0 Å². The minimum atomic E-state index is 0.830. The highest BCUT2D eigenvalue weighted by Crippen LogP contribution is 2.45. The van der Waals surface area contributed by atoms with Crippen molar-refractivity contribution in [2.45, 2.75) is 51.5 Å². The molecule has 0 saturated heterocycles. The third-order valence-corrected chi connectivity index (χ3v) is 4.40. The molecule has 1 heteroatoms. The van der Waals surface area contributed by atoms with Crippen LogP contribution in [0.15, 0.2) is 0 Å². The highest BCUT2D eigenvalue weighted by atomic mass is 14.9. The van der Waals surface area contributed by atoms with Gasteiger partial charge in [-0.1, -0.05) is 13.3 Å². The lowest BCUT2D eigenvalue weighted by Crippen LogP contribution is -2.33. The molecule has 76 valence electrons. The van der Waals surface area contributed by atoms with Crippen LogP contribution in [0.25, 0.3) is 0 Å². The van der Waals surface area contributed by atoms with E-state index < -0.39 is 0 Å². The minimum Gasteiger partial charge on any atom is -0.317 e. The van der Waals surface area contributed by atoms with Crippen LogP contribution in [0.1, 0.15) is 45.4 Å². The van der Waals surface area contributed by atoms with Crippen LogP contribution in [0.3, 0.4) is 0 Å². The number of nitrogens with one attached hydrogen (secondary N) is 1. The first-order valence-electron chi connectivity index (χ1n) is 6.00. The van der Waals surface area contributed by atoms with Crippen molar-refractivity contribution in [3.05, 3.63) is 0 Å². The lowest BCUT2D eigenvalue weighted by atomic mass is 9.79. The van der Waals surface area contributed by atoms with Crippen LogP contribution in [-0.4, -0.2) is 13.1 Å². The Labute approximate surface area is 82.3 Å². The van der Waals surface area contributed by atoms with Gasteiger partial charge in [0.2, 0.25) is 0 Å². The lowest BCUT2D eigenvalue weighted by Gasteiger charge is -2.31. The van der Waals surface area contributed by atoms with Crippen LogP contribution in [0, 0.1) is 17.8 Å². The molecule has 0 heterocycles. The smallest absolute Gasteiger partial charge is 0.00669 e. The molecule has 1 nitrogen and oxygen atoms in total. The normalized spacial score (nSPS) is 44.8. The van der Waals surface area contributed by atoms with Crippen LogP contribution in [0.2, 0.25) is 0 Å². The largest absolute Gasteiger partial charge is 0.317 e. The zero-order chi connectivity index (χ0) is 9.26. The fourth-order valence-corrected chi connectivity index (χ4v) is 3.47. The van der Waals surface area contributed by atoms with Gasteiger partial charge in [-0.15, -0.1) is 0 Å². The SMILES string of the molecule is CCC1CC2CCC(NC)CC2C1. The van der Waals surface area contributed by atoms with E-state index in [1.807, 2.05) is 0 Å². The topological polar surface area (TPSA) is 12.0 Å². The second kappa shape index (κ2) is 4.00. The summed E-state index contributed by atoms with van der Waals surface area (Å²) in [6.07, 6.45) is 8.85. The maximum Gasteiger partial charge on any atom is 0.00669 e. The van der Waals surface area contributed by atoms with Crippen molar-refractivity contribution in [3.8, 4) is 0 Å². The molecule has 0 aliphatic heterocycles. The summed E-state index contributed by atoms with van der Waals surface area (Å²) < 4.78 is 0. The molecule has 0 bridgehead atoms. The standard InChI is InChI=1S/C12H23N/c1-3-9-6-10-4-5-12(13-2)8-11(10)7-9/h9-13H,3-8H2,1-2H3.